The molecular weight excluding hydrogens is 460 g/mol. The Bertz CT molecular complexity index is 1420. The molecule has 11 heteroatoms. The standard InChI is InChI=1S/C22H22N6O3S2/c1-14-18-20(32-19(14)15-4-3-5-17(10-15)27-33(2,29)30)22(28-6-8-31-9-7-28)26-21(25-18)16-11-23-13-24-12-16/h3-5,10-13,27H,6-9H2,1-2H3. The first-order valence-corrected chi connectivity index (χ1v) is 13.1. The molecule has 0 aliphatic carbocycles. The topological polar surface area (TPSA) is 110 Å². The first-order chi connectivity index (χ1) is 15.9. The number of ether oxygens (including phenoxy) is 1. The molecule has 0 spiro atoms. The van der Waals surface area contributed by atoms with Crippen LogP contribution in [0.4, 0.5) is 11.5 Å². The van der Waals surface area contributed by atoms with Crippen LogP contribution in [0.1, 0.15) is 5.56 Å². The molecule has 9 nitrogen and oxygen atoms in total. The molecule has 1 aromatic carbocycles. The van der Waals surface area contributed by atoms with E-state index < -0.39 is 10.0 Å². The van der Waals surface area contributed by atoms with Crippen molar-refractivity contribution in [2.75, 3.05) is 42.2 Å². The molecule has 170 valence electrons. The van der Waals surface area contributed by atoms with Crippen molar-refractivity contribution in [1.82, 2.24) is 19.9 Å². The zero-order valence-corrected chi connectivity index (χ0v) is 19.8. The van der Waals surface area contributed by atoms with Crippen LogP contribution in [0, 0.1) is 6.92 Å². The summed E-state index contributed by atoms with van der Waals surface area (Å²) in [6.45, 7) is 4.82. The van der Waals surface area contributed by atoms with Crippen molar-refractivity contribution in [3.05, 3.63) is 48.5 Å². The fourth-order valence-corrected chi connectivity index (χ4v) is 5.63. The molecular formula is C22H22N6O3S2. The molecule has 1 fully saturated rings. The van der Waals surface area contributed by atoms with E-state index in [2.05, 4.69) is 19.6 Å². The normalized spacial score (nSPS) is 14.5. The maximum Gasteiger partial charge on any atom is 0.229 e. The smallest absolute Gasteiger partial charge is 0.229 e. The summed E-state index contributed by atoms with van der Waals surface area (Å²) in [6.07, 6.45) is 6.04. The van der Waals surface area contributed by atoms with Crippen LogP contribution in [0.2, 0.25) is 0 Å². The lowest BCUT2D eigenvalue weighted by molar-refractivity contribution is 0.122. The predicted octanol–water partition coefficient (Wildman–Crippen LogP) is 3.33. The van der Waals surface area contributed by atoms with Gasteiger partial charge in [0, 0.05) is 36.0 Å². The van der Waals surface area contributed by atoms with Crippen LogP contribution in [0.25, 0.3) is 32.0 Å². The van der Waals surface area contributed by atoms with Crippen molar-refractivity contribution in [3.63, 3.8) is 0 Å². The molecule has 3 aromatic heterocycles. The van der Waals surface area contributed by atoms with Gasteiger partial charge in [0.25, 0.3) is 0 Å². The molecule has 0 saturated carbocycles. The molecule has 5 rings (SSSR count). The lowest BCUT2D eigenvalue weighted by Crippen LogP contribution is -2.36. The van der Waals surface area contributed by atoms with Crippen molar-refractivity contribution >= 4 is 43.1 Å². The molecule has 1 aliphatic rings. The number of thiophene rings is 1. The van der Waals surface area contributed by atoms with Crippen LogP contribution in [-0.4, -0.2) is 60.9 Å². The second-order valence-corrected chi connectivity index (χ2v) is 10.6. The van der Waals surface area contributed by atoms with Gasteiger partial charge in [-0.05, 0) is 30.2 Å². The number of sulfonamides is 1. The number of nitrogens with one attached hydrogen (secondary N) is 1. The monoisotopic (exact) mass is 482 g/mol. The highest BCUT2D eigenvalue weighted by Gasteiger charge is 2.23. The summed E-state index contributed by atoms with van der Waals surface area (Å²) in [7, 11) is -3.37. The molecule has 1 N–H and O–H groups in total. The molecule has 4 aromatic rings. The van der Waals surface area contributed by atoms with Crippen LogP contribution in [0.3, 0.4) is 0 Å². The van der Waals surface area contributed by atoms with Crippen LogP contribution in [0.5, 0.6) is 0 Å². The Kier molecular flexibility index (Phi) is 5.69. The van der Waals surface area contributed by atoms with E-state index in [9.17, 15) is 8.42 Å². The van der Waals surface area contributed by atoms with Gasteiger partial charge in [0.05, 0.1) is 35.2 Å². The Morgan fingerprint density at radius 1 is 1.09 bits per heavy atom. The SMILES string of the molecule is Cc1c(-c2cccc(NS(C)(=O)=O)c2)sc2c(N3CCOCC3)nc(-c3cncnc3)nc12. The third-order valence-electron chi connectivity index (χ3n) is 5.30. The molecule has 0 radical (unpaired) electrons. The zero-order chi connectivity index (χ0) is 23.0. The highest BCUT2D eigenvalue weighted by molar-refractivity contribution is 7.92. The van der Waals surface area contributed by atoms with E-state index in [1.54, 1.807) is 29.8 Å². The Hall–Kier alpha value is -3.15. The van der Waals surface area contributed by atoms with Gasteiger partial charge >= 0.3 is 0 Å². The molecule has 0 amide bonds. The summed E-state index contributed by atoms with van der Waals surface area (Å²) in [5.74, 6) is 1.44. The molecule has 1 aliphatic heterocycles. The van der Waals surface area contributed by atoms with Crippen LogP contribution in [-0.2, 0) is 14.8 Å². The fourth-order valence-electron chi connectivity index (χ4n) is 3.82. The minimum atomic E-state index is -3.37. The number of aromatic nitrogens is 4. The maximum absolute atomic E-state index is 11.7. The quantitative estimate of drug-likeness (QED) is 0.461. The Morgan fingerprint density at radius 2 is 1.85 bits per heavy atom. The summed E-state index contributed by atoms with van der Waals surface area (Å²) < 4.78 is 32.5. The van der Waals surface area contributed by atoms with Crippen LogP contribution >= 0.6 is 11.3 Å². The van der Waals surface area contributed by atoms with E-state index in [1.165, 1.54) is 6.33 Å². The molecule has 0 bridgehead atoms. The zero-order valence-electron chi connectivity index (χ0n) is 18.1. The van der Waals surface area contributed by atoms with Gasteiger partial charge in [0.2, 0.25) is 10.0 Å². The van der Waals surface area contributed by atoms with Crippen molar-refractivity contribution in [1.29, 1.82) is 0 Å². The maximum atomic E-state index is 11.7. The van der Waals surface area contributed by atoms with Gasteiger partial charge in [-0.1, -0.05) is 12.1 Å². The summed E-state index contributed by atoms with van der Waals surface area (Å²) in [6, 6.07) is 7.39. The van der Waals surface area contributed by atoms with Gasteiger partial charge in [-0.25, -0.2) is 28.4 Å². The molecule has 0 unspecified atom stereocenters. The second-order valence-electron chi connectivity index (χ2n) is 7.79. The highest BCUT2D eigenvalue weighted by atomic mass is 32.2. The van der Waals surface area contributed by atoms with Crippen molar-refractivity contribution in [2.45, 2.75) is 6.92 Å². The van der Waals surface area contributed by atoms with E-state index in [0.717, 1.165) is 56.9 Å². The molecule has 33 heavy (non-hydrogen) atoms. The highest BCUT2D eigenvalue weighted by Crippen LogP contribution is 2.42. The average molecular weight is 483 g/mol. The van der Waals surface area contributed by atoms with Crippen LogP contribution in [0.15, 0.2) is 43.0 Å². The number of benzene rings is 1. The minimum Gasteiger partial charge on any atom is -0.378 e. The minimum absolute atomic E-state index is 0.522. The van der Waals surface area contributed by atoms with Gasteiger partial charge in [0.15, 0.2) is 11.6 Å². The number of hydrogen-bond donors (Lipinski definition) is 1. The number of fused-ring (bicyclic) bond motifs is 1. The number of morpholine rings is 1. The Labute approximate surface area is 195 Å². The van der Waals surface area contributed by atoms with Gasteiger partial charge in [-0.15, -0.1) is 11.3 Å². The average Bonchev–Trinajstić information content (AvgIpc) is 3.15. The van der Waals surface area contributed by atoms with Gasteiger partial charge in [-0.3, -0.25) is 4.72 Å². The summed E-state index contributed by atoms with van der Waals surface area (Å²) in [5, 5.41) is 0. The Balaban J connectivity index is 1.68. The van der Waals surface area contributed by atoms with Crippen molar-refractivity contribution in [2.24, 2.45) is 0 Å². The van der Waals surface area contributed by atoms with E-state index in [1.807, 2.05) is 25.1 Å². The largest absolute Gasteiger partial charge is 0.378 e. The number of aryl methyl sites for hydroxylation is 1. The predicted molar refractivity (Wildman–Crippen MR) is 130 cm³/mol. The van der Waals surface area contributed by atoms with Crippen LogP contribution < -0.4 is 9.62 Å². The summed E-state index contributed by atoms with van der Waals surface area (Å²) in [5.41, 5.74) is 4.07. The summed E-state index contributed by atoms with van der Waals surface area (Å²) >= 11 is 1.61. The van der Waals surface area contributed by atoms with E-state index in [0.29, 0.717) is 24.7 Å². The fraction of sp³-hybridized carbons (Fsp3) is 0.273. The van der Waals surface area contributed by atoms with Gasteiger partial charge in [-0.2, -0.15) is 0 Å². The van der Waals surface area contributed by atoms with Crippen molar-refractivity contribution < 1.29 is 13.2 Å². The third-order valence-corrected chi connectivity index (χ3v) is 7.24. The molecule has 1 saturated heterocycles. The third kappa shape index (κ3) is 4.52. The number of hydrogen-bond acceptors (Lipinski definition) is 9. The number of rotatable bonds is 5. The first-order valence-electron chi connectivity index (χ1n) is 10.4. The summed E-state index contributed by atoms with van der Waals surface area (Å²) in [4.78, 5) is 21.3. The first kappa shape index (κ1) is 21.7. The van der Waals surface area contributed by atoms with Gasteiger partial charge < -0.3 is 9.64 Å². The Morgan fingerprint density at radius 3 is 2.58 bits per heavy atom. The lowest BCUT2D eigenvalue weighted by Gasteiger charge is -2.28. The molecule has 4 heterocycles. The molecule has 0 atom stereocenters. The lowest BCUT2D eigenvalue weighted by atomic mass is 10.1. The van der Waals surface area contributed by atoms with Gasteiger partial charge in [0.1, 0.15) is 6.33 Å². The second kappa shape index (κ2) is 8.65. The van der Waals surface area contributed by atoms with E-state index in [4.69, 9.17) is 14.7 Å². The number of nitrogens with zero attached hydrogens (tertiary/aromatic N) is 5. The van der Waals surface area contributed by atoms with Crippen molar-refractivity contribution in [3.8, 4) is 21.8 Å². The van der Waals surface area contributed by atoms with E-state index in [-0.39, 0.29) is 0 Å². The van der Waals surface area contributed by atoms with E-state index >= 15 is 0 Å². The number of anilines is 2.